The Labute approximate surface area is 111 Å². The molecule has 3 aliphatic heterocycles. The third kappa shape index (κ3) is 1.66. The second-order valence-electron chi connectivity index (χ2n) is 5.21. The zero-order chi connectivity index (χ0) is 12.8. The highest BCUT2D eigenvalue weighted by Crippen LogP contribution is 2.45. The molecule has 0 aromatic carbocycles. The van der Waals surface area contributed by atoms with Crippen molar-refractivity contribution >= 4 is 23.6 Å². The molecule has 3 atom stereocenters. The van der Waals surface area contributed by atoms with Gasteiger partial charge in [-0.1, -0.05) is 0 Å². The first-order valence-corrected chi connectivity index (χ1v) is 7.50. The van der Waals surface area contributed by atoms with Crippen LogP contribution in [0.15, 0.2) is 0 Å². The first-order chi connectivity index (χ1) is 8.68. The molecule has 0 saturated carbocycles. The van der Waals surface area contributed by atoms with Gasteiger partial charge in [-0.15, -0.1) is 11.8 Å². The quantitative estimate of drug-likeness (QED) is 0.697. The minimum absolute atomic E-state index is 0.104. The summed E-state index contributed by atoms with van der Waals surface area (Å²) in [7, 11) is 1.38. The minimum Gasteiger partial charge on any atom is -0.467 e. The number of hydrogen-bond donors (Lipinski definition) is 1. The van der Waals surface area contributed by atoms with E-state index in [0.29, 0.717) is 5.75 Å². The lowest BCUT2D eigenvalue weighted by Gasteiger charge is -2.33. The van der Waals surface area contributed by atoms with Crippen molar-refractivity contribution in [2.75, 3.05) is 19.4 Å². The average molecular weight is 270 g/mol. The third-order valence-electron chi connectivity index (χ3n) is 4.23. The van der Waals surface area contributed by atoms with E-state index in [9.17, 15) is 9.59 Å². The van der Waals surface area contributed by atoms with Crippen LogP contribution in [0.25, 0.3) is 0 Å². The van der Waals surface area contributed by atoms with Gasteiger partial charge in [0.1, 0.15) is 11.6 Å². The SMILES string of the molecule is COC(=O)[C@@H]1CS[C@@H]2C[C@@]3(CCCCN3)C(=O)N21. The summed E-state index contributed by atoms with van der Waals surface area (Å²) in [5.74, 6) is 0.484. The maximum Gasteiger partial charge on any atom is 0.329 e. The third-order valence-corrected chi connectivity index (χ3v) is 5.51. The van der Waals surface area contributed by atoms with Crippen molar-refractivity contribution < 1.29 is 14.3 Å². The van der Waals surface area contributed by atoms with Gasteiger partial charge >= 0.3 is 5.97 Å². The molecular weight excluding hydrogens is 252 g/mol. The monoisotopic (exact) mass is 270 g/mol. The molecule has 3 rings (SSSR count). The Morgan fingerprint density at radius 3 is 3.06 bits per heavy atom. The lowest BCUT2D eigenvalue weighted by atomic mass is 9.87. The first kappa shape index (κ1) is 12.3. The molecule has 3 aliphatic rings. The van der Waals surface area contributed by atoms with Crippen molar-refractivity contribution in [1.82, 2.24) is 10.2 Å². The van der Waals surface area contributed by atoms with Crippen LogP contribution in [0, 0.1) is 0 Å². The Hall–Kier alpha value is -0.750. The zero-order valence-electron chi connectivity index (χ0n) is 10.5. The van der Waals surface area contributed by atoms with Gasteiger partial charge in [0.15, 0.2) is 0 Å². The van der Waals surface area contributed by atoms with Gasteiger partial charge < -0.3 is 15.0 Å². The molecule has 0 aromatic heterocycles. The fraction of sp³-hybridized carbons (Fsp3) is 0.833. The molecule has 1 N–H and O–H groups in total. The highest BCUT2D eigenvalue weighted by atomic mass is 32.2. The summed E-state index contributed by atoms with van der Waals surface area (Å²) in [5.41, 5.74) is -0.400. The van der Waals surface area contributed by atoms with E-state index in [0.717, 1.165) is 32.2 Å². The van der Waals surface area contributed by atoms with Crippen LogP contribution >= 0.6 is 11.8 Å². The fourth-order valence-corrected chi connectivity index (χ4v) is 4.77. The lowest BCUT2D eigenvalue weighted by Crippen LogP contribution is -2.56. The van der Waals surface area contributed by atoms with E-state index in [1.54, 1.807) is 16.7 Å². The van der Waals surface area contributed by atoms with Crippen LogP contribution in [0.4, 0.5) is 0 Å². The van der Waals surface area contributed by atoms with Gasteiger partial charge in [-0.05, 0) is 25.8 Å². The van der Waals surface area contributed by atoms with Crippen molar-refractivity contribution in [3.8, 4) is 0 Å². The molecule has 100 valence electrons. The smallest absolute Gasteiger partial charge is 0.329 e. The Kier molecular flexibility index (Phi) is 3.02. The number of nitrogens with one attached hydrogen (secondary N) is 1. The molecule has 18 heavy (non-hydrogen) atoms. The molecule has 0 radical (unpaired) electrons. The number of amides is 1. The number of methoxy groups -OCH3 is 1. The molecule has 1 spiro atoms. The zero-order valence-corrected chi connectivity index (χ0v) is 11.3. The van der Waals surface area contributed by atoms with E-state index in [2.05, 4.69) is 5.32 Å². The van der Waals surface area contributed by atoms with E-state index in [-0.39, 0.29) is 23.3 Å². The van der Waals surface area contributed by atoms with E-state index in [1.807, 2.05) is 0 Å². The Balaban J connectivity index is 1.83. The Morgan fingerprint density at radius 2 is 2.39 bits per heavy atom. The number of nitrogens with zero attached hydrogens (tertiary/aromatic N) is 1. The summed E-state index contributed by atoms with van der Waals surface area (Å²) in [6, 6.07) is -0.388. The maximum atomic E-state index is 12.6. The van der Waals surface area contributed by atoms with Gasteiger partial charge in [-0.3, -0.25) is 4.79 Å². The molecule has 5 nitrogen and oxygen atoms in total. The van der Waals surface area contributed by atoms with Crippen molar-refractivity contribution in [2.24, 2.45) is 0 Å². The number of ether oxygens (including phenoxy) is 1. The van der Waals surface area contributed by atoms with Crippen LogP contribution in [-0.2, 0) is 14.3 Å². The second-order valence-corrected chi connectivity index (χ2v) is 6.42. The standard InChI is InChI=1S/C12H18N2O3S/c1-17-10(15)8-7-18-9-6-12(11(16)14(8)9)4-2-3-5-13-12/h8-9,13H,2-7H2,1H3/t8-,9+,12-/m0/s1. The molecule has 3 fully saturated rings. The highest BCUT2D eigenvalue weighted by molar-refractivity contribution is 8.00. The molecule has 0 bridgehead atoms. The number of thioether (sulfide) groups is 1. The number of carbonyl (C=O) groups is 2. The van der Waals surface area contributed by atoms with Crippen LogP contribution in [0.3, 0.4) is 0 Å². The molecular formula is C12H18N2O3S. The fourth-order valence-electron chi connectivity index (χ4n) is 3.27. The van der Waals surface area contributed by atoms with E-state index in [1.165, 1.54) is 7.11 Å². The summed E-state index contributed by atoms with van der Waals surface area (Å²) < 4.78 is 4.80. The van der Waals surface area contributed by atoms with Gasteiger partial charge in [0.05, 0.1) is 12.5 Å². The summed E-state index contributed by atoms with van der Waals surface area (Å²) in [5, 5.41) is 3.54. The minimum atomic E-state index is -0.400. The summed E-state index contributed by atoms with van der Waals surface area (Å²) in [4.78, 5) is 26.1. The molecule has 1 amide bonds. The first-order valence-electron chi connectivity index (χ1n) is 6.45. The number of carbonyl (C=O) groups excluding carboxylic acids is 2. The number of piperidine rings is 1. The van der Waals surface area contributed by atoms with Gasteiger partial charge in [-0.2, -0.15) is 0 Å². The predicted molar refractivity (Wildman–Crippen MR) is 68.1 cm³/mol. The van der Waals surface area contributed by atoms with Gasteiger partial charge in [0.25, 0.3) is 0 Å². The summed E-state index contributed by atoms with van der Waals surface area (Å²) in [6.45, 7) is 0.903. The van der Waals surface area contributed by atoms with E-state index < -0.39 is 5.54 Å². The lowest BCUT2D eigenvalue weighted by molar-refractivity contribution is -0.151. The van der Waals surface area contributed by atoms with Crippen molar-refractivity contribution in [2.45, 2.75) is 42.6 Å². The number of hydrogen-bond acceptors (Lipinski definition) is 5. The molecule has 3 heterocycles. The second kappa shape index (κ2) is 4.42. The van der Waals surface area contributed by atoms with Crippen molar-refractivity contribution in [3.63, 3.8) is 0 Å². The molecule has 3 saturated heterocycles. The predicted octanol–water partition coefficient (Wildman–Crippen LogP) is 0.345. The van der Waals surface area contributed by atoms with E-state index >= 15 is 0 Å². The number of esters is 1. The maximum absolute atomic E-state index is 12.6. The number of fused-ring (bicyclic) bond motifs is 1. The average Bonchev–Trinajstić information content (AvgIpc) is 2.90. The van der Waals surface area contributed by atoms with Gasteiger partial charge in [0, 0.05) is 12.2 Å². The van der Waals surface area contributed by atoms with Crippen LogP contribution in [0.5, 0.6) is 0 Å². The van der Waals surface area contributed by atoms with Crippen LogP contribution < -0.4 is 5.32 Å². The van der Waals surface area contributed by atoms with Crippen LogP contribution in [0.1, 0.15) is 25.7 Å². The topological polar surface area (TPSA) is 58.6 Å². The highest BCUT2D eigenvalue weighted by Gasteiger charge is 2.57. The molecule has 0 unspecified atom stereocenters. The van der Waals surface area contributed by atoms with Gasteiger partial charge in [0.2, 0.25) is 5.91 Å². The Bertz CT molecular complexity index is 382. The van der Waals surface area contributed by atoms with Gasteiger partial charge in [-0.25, -0.2) is 4.79 Å². The Morgan fingerprint density at radius 1 is 1.56 bits per heavy atom. The van der Waals surface area contributed by atoms with Crippen LogP contribution in [0.2, 0.25) is 0 Å². The van der Waals surface area contributed by atoms with E-state index in [4.69, 9.17) is 4.74 Å². The molecule has 6 heteroatoms. The molecule has 0 aliphatic carbocycles. The summed E-state index contributed by atoms with van der Waals surface area (Å²) >= 11 is 1.70. The largest absolute Gasteiger partial charge is 0.467 e. The summed E-state index contributed by atoms with van der Waals surface area (Å²) in [6.07, 6.45) is 3.94. The molecule has 0 aromatic rings. The van der Waals surface area contributed by atoms with Crippen molar-refractivity contribution in [1.29, 1.82) is 0 Å². The normalized spacial score (nSPS) is 39.2. The van der Waals surface area contributed by atoms with Crippen LogP contribution in [-0.4, -0.2) is 53.1 Å². The van der Waals surface area contributed by atoms with Crippen molar-refractivity contribution in [3.05, 3.63) is 0 Å². The number of rotatable bonds is 1.